The maximum absolute atomic E-state index is 10.1. The van der Waals surface area contributed by atoms with Crippen LogP contribution in [0.4, 0.5) is 0 Å². The Kier molecular flexibility index (Phi) is 7.16. The number of hydrogen-bond donors (Lipinski definition) is 4. The van der Waals surface area contributed by atoms with E-state index in [0.29, 0.717) is 4.48 Å². The normalized spacial score (nSPS) is 30.2. The lowest BCUT2D eigenvalue weighted by atomic mass is 10.1. The second kappa shape index (κ2) is 7.64. The molecule has 0 radical (unpaired) electrons. The molecule has 0 bridgehead atoms. The van der Waals surface area contributed by atoms with E-state index in [1.165, 1.54) is 0 Å². The lowest BCUT2D eigenvalue weighted by Crippen LogP contribution is -2.48. The molecule has 1 fully saturated rings. The number of likely N-dealkylation sites (N-methyl/N-ethyl adjacent to an activating group) is 1. The Hall–Kier alpha value is -1.30. The highest BCUT2D eigenvalue weighted by Crippen LogP contribution is 2.21. The van der Waals surface area contributed by atoms with E-state index in [-0.39, 0.29) is 6.54 Å². The van der Waals surface area contributed by atoms with Crippen molar-refractivity contribution in [3.8, 4) is 0 Å². The first kappa shape index (κ1) is 19.7. The zero-order valence-electron chi connectivity index (χ0n) is 11.9. The van der Waals surface area contributed by atoms with Crippen molar-refractivity contribution < 1.29 is 49.4 Å². The van der Waals surface area contributed by atoms with Gasteiger partial charge < -0.3 is 49.4 Å². The third kappa shape index (κ3) is 6.80. The van der Waals surface area contributed by atoms with Crippen molar-refractivity contribution in [2.24, 2.45) is 0 Å². The van der Waals surface area contributed by atoms with Gasteiger partial charge in [0.1, 0.15) is 31.0 Å². The molecule has 0 aromatic heterocycles. The van der Waals surface area contributed by atoms with Crippen molar-refractivity contribution in [1.29, 1.82) is 0 Å². The largest absolute Gasteiger partial charge is 0.547 e. The summed E-state index contributed by atoms with van der Waals surface area (Å²) in [6.07, 6.45) is -8.63. The first-order valence-electron chi connectivity index (χ1n) is 5.95. The van der Waals surface area contributed by atoms with E-state index in [9.17, 15) is 19.8 Å². The van der Waals surface area contributed by atoms with E-state index in [1.54, 1.807) is 21.1 Å². The molecule has 21 heavy (non-hydrogen) atoms. The summed E-state index contributed by atoms with van der Waals surface area (Å²) >= 11 is 0. The summed E-state index contributed by atoms with van der Waals surface area (Å²) in [4.78, 5) is 20.0. The molecule has 0 aliphatic carbocycles. The first-order valence-corrected chi connectivity index (χ1v) is 5.95. The number of hydrogen-bond acceptors (Lipinski definition) is 9. The van der Waals surface area contributed by atoms with Crippen LogP contribution in [0.2, 0.25) is 0 Å². The highest BCUT2D eigenvalue weighted by Gasteiger charge is 2.45. The van der Waals surface area contributed by atoms with Crippen LogP contribution < -0.4 is 10.2 Å². The molecule has 4 N–H and O–H groups in total. The molecule has 10 heteroatoms. The van der Waals surface area contributed by atoms with Gasteiger partial charge in [-0.3, -0.25) is 0 Å². The standard InChI is InChI=1S/C6H10O7.C5H11NO2/c7-1-2(8)6(12)13-4(1)3(9)5(10)11;1-6(2,3)4-5(7)8/h1-4,6-9,12H,(H,10,11);4H2,1-3H3/p-1/t1-,2-,3+,4+,6+;/m1./s1. The highest BCUT2D eigenvalue weighted by molar-refractivity contribution is 5.70. The summed E-state index contributed by atoms with van der Waals surface area (Å²) in [6.45, 7) is 0.0694. The van der Waals surface area contributed by atoms with Crippen molar-refractivity contribution in [2.45, 2.75) is 30.7 Å². The van der Waals surface area contributed by atoms with Gasteiger partial charge in [-0.25, -0.2) is 0 Å². The second-order valence-corrected chi connectivity index (χ2v) is 5.56. The Bertz CT molecular complexity index is 367. The van der Waals surface area contributed by atoms with Crippen LogP contribution in [0.15, 0.2) is 0 Å². The summed E-state index contributed by atoms with van der Waals surface area (Å²) in [5, 5.41) is 55.7. The Balaban J connectivity index is 0.000000433. The van der Waals surface area contributed by atoms with E-state index < -0.39 is 42.6 Å². The van der Waals surface area contributed by atoms with Gasteiger partial charge in [-0.05, 0) is 0 Å². The van der Waals surface area contributed by atoms with Crippen LogP contribution in [-0.2, 0) is 14.3 Å². The Morgan fingerprint density at radius 3 is 1.81 bits per heavy atom. The molecular formula is C11H20NO9-. The van der Waals surface area contributed by atoms with Gasteiger partial charge in [-0.1, -0.05) is 0 Å². The molecule has 1 aliphatic heterocycles. The quantitative estimate of drug-likeness (QED) is 0.369. The Morgan fingerprint density at radius 2 is 1.62 bits per heavy atom. The van der Waals surface area contributed by atoms with Gasteiger partial charge in [0.15, 0.2) is 6.29 Å². The molecule has 1 aliphatic rings. The molecular weight excluding hydrogens is 290 g/mol. The monoisotopic (exact) mass is 310 g/mol. The van der Waals surface area contributed by atoms with Gasteiger partial charge in [-0.15, -0.1) is 0 Å². The summed E-state index contributed by atoms with van der Waals surface area (Å²) < 4.78 is 4.81. The maximum atomic E-state index is 10.1. The number of rotatable bonds is 4. The van der Waals surface area contributed by atoms with Crippen LogP contribution in [0.25, 0.3) is 0 Å². The van der Waals surface area contributed by atoms with E-state index >= 15 is 0 Å². The summed E-state index contributed by atoms with van der Waals surface area (Å²) in [5.74, 6) is -2.84. The average Bonchev–Trinajstić information content (AvgIpc) is 2.53. The molecule has 0 saturated carbocycles. The molecule has 0 spiro atoms. The predicted molar refractivity (Wildman–Crippen MR) is 61.8 cm³/mol. The molecule has 10 nitrogen and oxygen atoms in total. The number of ether oxygens (including phenoxy) is 1. The zero-order valence-corrected chi connectivity index (χ0v) is 11.9. The van der Waals surface area contributed by atoms with Crippen LogP contribution in [0.5, 0.6) is 0 Å². The fourth-order valence-corrected chi connectivity index (χ4v) is 1.47. The number of aliphatic hydroxyl groups is 4. The van der Waals surface area contributed by atoms with Gasteiger partial charge in [0.05, 0.1) is 33.1 Å². The number of carbonyl (C=O) groups is 2. The first-order chi connectivity index (χ1) is 9.36. The highest BCUT2D eigenvalue weighted by atomic mass is 16.7. The SMILES string of the molecule is C[N+](C)(C)CC(=O)[O-].O=C([O-])[C@@H](O)[C@H]1O[C@H](O)[C@H](O)[C@H]1O. The second-order valence-electron chi connectivity index (χ2n) is 5.56. The minimum Gasteiger partial charge on any atom is -0.547 e. The molecule has 5 atom stereocenters. The van der Waals surface area contributed by atoms with Crippen molar-refractivity contribution in [2.75, 3.05) is 27.7 Å². The fraction of sp³-hybridized carbons (Fsp3) is 0.818. The Labute approximate surface area is 121 Å². The van der Waals surface area contributed by atoms with Gasteiger partial charge in [0, 0.05) is 0 Å². The molecule has 124 valence electrons. The summed E-state index contributed by atoms with van der Waals surface area (Å²) in [6, 6.07) is 0. The topological polar surface area (TPSA) is 170 Å². The van der Waals surface area contributed by atoms with Crippen LogP contribution in [-0.4, -0.2) is 95.2 Å². The minimum absolute atomic E-state index is 0.0694. The lowest BCUT2D eigenvalue weighted by Gasteiger charge is -2.23. The van der Waals surface area contributed by atoms with E-state index in [1.807, 2.05) is 0 Å². The smallest absolute Gasteiger partial charge is 0.184 e. The van der Waals surface area contributed by atoms with Gasteiger partial charge in [0.25, 0.3) is 0 Å². The van der Waals surface area contributed by atoms with Gasteiger partial charge >= 0.3 is 0 Å². The van der Waals surface area contributed by atoms with Crippen molar-refractivity contribution in [1.82, 2.24) is 0 Å². The molecule has 0 aromatic rings. The molecule has 1 rings (SSSR count). The molecule has 1 saturated heterocycles. The number of aliphatic carboxylic acids is 2. The van der Waals surface area contributed by atoms with Gasteiger partial charge in [0.2, 0.25) is 0 Å². The molecule has 0 amide bonds. The molecule has 0 unspecified atom stereocenters. The van der Waals surface area contributed by atoms with Crippen molar-refractivity contribution in [3.63, 3.8) is 0 Å². The number of carbonyl (C=O) groups excluding carboxylic acids is 2. The summed E-state index contributed by atoms with van der Waals surface area (Å²) in [7, 11) is 5.40. The zero-order chi connectivity index (χ0) is 17.0. The van der Waals surface area contributed by atoms with E-state index in [2.05, 4.69) is 4.74 Å². The average molecular weight is 310 g/mol. The van der Waals surface area contributed by atoms with Gasteiger partial charge in [-0.2, -0.15) is 0 Å². The third-order valence-corrected chi connectivity index (χ3v) is 2.43. The fourth-order valence-electron chi connectivity index (χ4n) is 1.47. The molecule has 0 aromatic carbocycles. The van der Waals surface area contributed by atoms with E-state index in [0.717, 1.165) is 0 Å². The lowest BCUT2D eigenvalue weighted by molar-refractivity contribution is -0.864. The van der Waals surface area contributed by atoms with Crippen LogP contribution in [0.3, 0.4) is 0 Å². The van der Waals surface area contributed by atoms with Crippen molar-refractivity contribution >= 4 is 11.9 Å². The summed E-state index contributed by atoms with van der Waals surface area (Å²) in [5.41, 5.74) is 0. The number of quaternary nitrogens is 1. The van der Waals surface area contributed by atoms with E-state index in [4.69, 9.17) is 20.4 Å². The number of nitrogens with zero attached hydrogens (tertiary/aromatic N) is 1. The minimum atomic E-state index is -2.08. The number of carboxylic acid groups (broad SMARTS) is 2. The van der Waals surface area contributed by atoms with Crippen molar-refractivity contribution in [3.05, 3.63) is 0 Å². The Morgan fingerprint density at radius 1 is 1.14 bits per heavy atom. The van der Waals surface area contributed by atoms with Crippen LogP contribution in [0, 0.1) is 0 Å². The third-order valence-electron chi connectivity index (χ3n) is 2.43. The number of aliphatic hydroxyl groups excluding tert-OH is 4. The molecule has 1 heterocycles. The van der Waals surface area contributed by atoms with Crippen LogP contribution in [0.1, 0.15) is 0 Å². The number of carboxylic acids is 2. The predicted octanol–water partition coefficient (Wildman–Crippen LogP) is -6.02. The maximum Gasteiger partial charge on any atom is 0.184 e. The van der Waals surface area contributed by atoms with Crippen LogP contribution >= 0.6 is 0 Å².